The molecule has 1 amide bonds. The van der Waals surface area contributed by atoms with Crippen molar-refractivity contribution in [1.82, 2.24) is 18.9 Å². The number of nitrogens with zero attached hydrogens (tertiary/aromatic N) is 4. The summed E-state index contributed by atoms with van der Waals surface area (Å²) in [5.41, 5.74) is 1.41. The Hall–Kier alpha value is -3.72. The van der Waals surface area contributed by atoms with Gasteiger partial charge in [-0.05, 0) is 87.1 Å². The van der Waals surface area contributed by atoms with E-state index in [2.05, 4.69) is 4.90 Å². The van der Waals surface area contributed by atoms with E-state index in [0.29, 0.717) is 19.3 Å². The van der Waals surface area contributed by atoms with E-state index in [1.807, 2.05) is 48.5 Å². The van der Waals surface area contributed by atoms with Crippen molar-refractivity contribution in [2.75, 3.05) is 33.8 Å². The maximum Gasteiger partial charge on any atom is 0.410 e. The minimum Gasteiger partial charge on any atom is -0.492 e. The average molecular weight is 521 g/mol. The zero-order valence-electron chi connectivity index (χ0n) is 22.1. The topological polar surface area (TPSA) is 78.2 Å². The van der Waals surface area contributed by atoms with Gasteiger partial charge in [0.1, 0.15) is 18.1 Å². The van der Waals surface area contributed by atoms with Crippen molar-refractivity contribution in [2.24, 2.45) is 0 Å². The molecule has 1 aliphatic heterocycles. The first kappa shape index (κ1) is 25.9. The van der Waals surface area contributed by atoms with Crippen molar-refractivity contribution in [3.63, 3.8) is 0 Å². The first-order chi connectivity index (χ1) is 18.5. The van der Waals surface area contributed by atoms with Crippen LogP contribution in [0.15, 0.2) is 65.7 Å². The van der Waals surface area contributed by atoms with Gasteiger partial charge in [0, 0.05) is 39.6 Å². The molecule has 5 rings (SSSR count). The molecule has 2 fully saturated rings. The molecule has 0 bridgehead atoms. The van der Waals surface area contributed by atoms with E-state index in [4.69, 9.17) is 14.2 Å². The maximum absolute atomic E-state index is 13.1. The molecule has 3 aromatic rings. The predicted octanol–water partition coefficient (Wildman–Crippen LogP) is 4.45. The van der Waals surface area contributed by atoms with Gasteiger partial charge in [0.05, 0.1) is 17.5 Å². The van der Waals surface area contributed by atoms with Crippen LogP contribution in [0.1, 0.15) is 38.5 Å². The van der Waals surface area contributed by atoms with Crippen LogP contribution in [0.5, 0.6) is 11.5 Å². The minimum absolute atomic E-state index is 0.143. The number of amides is 1. The van der Waals surface area contributed by atoms with Gasteiger partial charge in [-0.3, -0.25) is 14.0 Å². The molecule has 38 heavy (non-hydrogen) atoms. The number of hydrogen-bond donors (Lipinski definition) is 0. The Bertz CT molecular complexity index is 1260. The van der Waals surface area contributed by atoms with Gasteiger partial charge in [-0.15, -0.1) is 0 Å². The van der Waals surface area contributed by atoms with Crippen LogP contribution >= 0.6 is 0 Å². The molecule has 2 heterocycles. The number of hydrogen-bond acceptors (Lipinski definition) is 6. The molecule has 0 radical (unpaired) electrons. The van der Waals surface area contributed by atoms with Gasteiger partial charge in [0.2, 0.25) is 0 Å². The molecule has 9 nitrogen and oxygen atoms in total. The summed E-state index contributed by atoms with van der Waals surface area (Å²) in [7, 11) is 3.36. The third kappa shape index (κ3) is 6.05. The number of likely N-dealkylation sites (tertiary alicyclic amines) is 1. The van der Waals surface area contributed by atoms with E-state index >= 15 is 0 Å². The van der Waals surface area contributed by atoms with Crippen LogP contribution in [-0.4, -0.2) is 71.2 Å². The Labute approximate surface area is 223 Å². The van der Waals surface area contributed by atoms with Crippen LogP contribution in [0.3, 0.4) is 0 Å². The Morgan fingerprint density at radius 1 is 0.868 bits per heavy atom. The molecule has 9 heteroatoms. The van der Waals surface area contributed by atoms with Gasteiger partial charge in [-0.25, -0.2) is 9.59 Å². The van der Waals surface area contributed by atoms with Gasteiger partial charge in [-0.2, -0.15) is 0 Å². The summed E-state index contributed by atoms with van der Waals surface area (Å²) in [6, 6.07) is 15.2. The highest BCUT2D eigenvalue weighted by Gasteiger charge is 2.28. The largest absolute Gasteiger partial charge is 0.492 e. The van der Waals surface area contributed by atoms with E-state index in [1.165, 1.54) is 17.7 Å². The molecule has 0 unspecified atom stereocenters. The summed E-state index contributed by atoms with van der Waals surface area (Å²) >= 11 is 0. The zero-order chi connectivity index (χ0) is 26.5. The number of carbonyl (C=O) groups is 1. The lowest BCUT2D eigenvalue weighted by Crippen LogP contribution is -2.38. The number of carbonyl (C=O) groups excluding carboxylic acids is 1. The number of benzene rings is 2. The van der Waals surface area contributed by atoms with E-state index in [9.17, 15) is 9.59 Å². The zero-order valence-corrected chi connectivity index (χ0v) is 22.1. The lowest BCUT2D eigenvalue weighted by atomic mass is 10.2. The molecule has 2 aliphatic rings. The molecule has 1 saturated heterocycles. The van der Waals surface area contributed by atoms with Crippen molar-refractivity contribution >= 4 is 6.09 Å². The summed E-state index contributed by atoms with van der Waals surface area (Å²) < 4.78 is 20.7. The molecule has 1 aromatic heterocycles. The summed E-state index contributed by atoms with van der Waals surface area (Å²) in [5, 5.41) is 0. The van der Waals surface area contributed by atoms with Crippen molar-refractivity contribution in [3.05, 3.63) is 71.4 Å². The van der Waals surface area contributed by atoms with E-state index in [0.717, 1.165) is 55.1 Å². The van der Waals surface area contributed by atoms with Gasteiger partial charge in [0.15, 0.2) is 6.23 Å². The fourth-order valence-electron chi connectivity index (χ4n) is 5.04. The monoisotopic (exact) mass is 520 g/mol. The standard InChI is InChI=1S/C29H36N4O5/c1-30(2)29(35)38-27-8-5-17-31(27)20-21-36-24-13-9-22(10-14-24)32-18-19-33(28(32)34)23-11-15-26(16-12-23)37-25-6-3-4-7-25/h9-16,18-19,25,27H,3-8,17,20-21H2,1-2H3/t27-/m0/s1. The first-order valence-electron chi connectivity index (χ1n) is 13.4. The molecule has 1 atom stereocenters. The van der Waals surface area contributed by atoms with Crippen molar-refractivity contribution in [2.45, 2.75) is 50.9 Å². The van der Waals surface area contributed by atoms with Gasteiger partial charge in [0.25, 0.3) is 0 Å². The third-order valence-electron chi connectivity index (χ3n) is 7.16. The Morgan fingerprint density at radius 2 is 1.47 bits per heavy atom. The van der Waals surface area contributed by atoms with Gasteiger partial charge in [-0.1, -0.05) is 0 Å². The normalized spacial score (nSPS) is 18.0. The van der Waals surface area contributed by atoms with Crippen LogP contribution in [-0.2, 0) is 4.74 Å². The molecule has 2 aromatic carbocycles. The first-order valence-corrected chi connectivity index (χ1v) is 13.4. The molecule has 1 aliphatic carbocycles. The number of rotatable bonds is 9. The van der Waals surface area contributed by atoms with Crippen LogP contribution in [0.4, 0.5) is 4.79 Å². The number of ether oxygens (including phenoxy) is 3. The molecule has 1 saturated carbocycles. The second kappa shape index (κ2) is 11.8. The number of imidazole rings is 1. The highest BCUT2D eigenvalue weighted by atomic mass is 16.6. The second-order valence-electron chi connectivity index (χ2n) is 10.1. The fourth-order valence-corrected chi connectivity index (χ4v) is 5.04. The lowest BCUT2D eigenvalue weighted by Gasteiger charge is -2.25. The summed E-state index contributed by atoms with van der Waals surface area (Å²) in [6.07, 6.45) is 9.83. The third-order valence-corrected chi connectivity index (χ3v) is 7.16. The molecule has 0 spiro atoms. The van der Waals surface area contributed by atoms with E-state index in [1.54, 1.807) is 35.6 Å². The smallest absolute Gasteiger partial charge is 0.410 e. The van der Waals surface area contributed by atoms with Crippen molar-refractivity contribution in [1.29, 1.82) is 0 Å². The van der Waals surface area contributed by atoms with Crippen LogP contribution in [0, 0.1) is 0 Å². The quantitative estimate of drug-likeness (QED) is 0.415. The van der Waals surface area contributed by atoms with Crippen LogP contribution < -0.4 is 15.2 Å². The van der Waals surface area contributed by atoms with Crippen LogP contribution in [0.25, 0.3) is 11.4 Å². The second-order valence-corrected chi connectivity index (χ2v) is 10.1. The SMILES string of the molecule is CN(C)C(=O)O[C@H]1CCCN1CCOc1ccc(-n2ccn(-c3ccc(OC4CCCC4)cc3)c2=O)cc1. The van der Waals surface area contributed by atoms with E-state index in [-0.39, 0.29) is 18.0 Å². The average Bonchev–Trinajstić information content (AvgIpc) is 3.68. The lowest BCUT2D eigenvalue weighted by molar-refractivity contribution is -0.00402. The molecule has 202 valence electrons. The van der Waals surface area contributed by atoms with Gasteiger partial charge >= 0.3 is 11.8 Å². The summed E-state index contributed by atoms with van der Waals surface area (Å²) in [4.78, 5) is 28.6. The molecule has 0 N–H and O–H groups in total. The highest BCUT2D eigenvalue weighted by Crippen LogP contribution is 2.25. The highest BCUT2D eigenvalue weighted by molar-refractivity contribution is 5.66. The maximum atomic E-state index is 13.1. The Morgan fingerprint density at radius 3 is 2.08 bits per heavy atom. The van der Waals surface area contributed by atoms with E-state index < -0.39 is 0 Å². The van der Waals surface area contributed by atoms with Crippen molar-refractivity contribution in [3.8, 4) is 22.9 Å². The predicted molar refractivity (Wildman–Crippen MR) is 145 cm³/mol. The van der Waals surface area contributed by atoms with Crippen molar-refractivity contribution < 1.29 is 19.0 Å². The molecular weight excluding hydrogens is 484 g/mol. The Balaban J connectivity index is 1.16. The minimum atomic E-state index is -0.326. The van der Waals surface area contributed by atoms with Gasteiger partial charge < -0.3 is 19.1 Å². The summed E-state index contributed by atoms with van der Waals surface area (Å²) in [5.74, 6) is 1.57. The fraction of sp³-hybridized carbons (Fsp3) is 0.448. The van der Waals surface area contributed by atoms with Crippen LogP contribution in [0.2, 0.25) is 0 Å². The number of aromatic nitrogens is 2. The summed E-state index contributed by atoms with van der Waals surface area (Å²) in [6.45, 7) is 2.02. The Kier molecular flexibility index (Phi) is 8.03. The molecular formula is C29H36N4O5.